The van der Waals surface area contributed by atoms with Crippen molar-refractivity contribution in [3.05, 3.63) is 0 Å². The first-order chi connectivity index (χ1) is 10.4. The average molecular weight is 370 g/mol. The first kappa shape index (κ1) is 20.6. The Labute approximate surface area is 144 Å². The van der Waals surface area contributed by atoms with E-state index in [1.165, 1.54) is 0 Å². The zero-order chi connectivity index (χ0) is 16.1. The summed E-state index contributed by atoms with van der Waals surface area (Å²) in [7, 11) is -3.41. The second-order valence-corrected chi connectivity index (χ2v) is 8.20. The fourth-order valence-electron chi connectivity index (χ4n) is 2.97. The summed E-state index contributed by atoms with van der Waals surface area (Å²) in [5.74, 6) is -0.377. The number of rotatable bonds is 7. The number of ether oxygens (including phenoxy) is 1. The van der Waals surface area contributed by atoms with Crippen molar-refractivity contribution in [2.24, 2.45) is 5.73 Å². The largest absolute Gasteiger partial charge is 0.377 e. The van der Waals surface area contributed by atoms with Gasteiger partial charge in [0.15, 0.2) is 0 Å². The molecule has 1 saturated heterocycles. The van der Waals surface area contributed by atoms with Gasteiger partial charge in [-0.3, -0.25) is 4.79 Å². The van der Waals surface area contributed by atoms with Crippen molar-refractivity contribution >= 4 is 28.3 Å². The lowest BCUT2D eigenvalue weighted by Gasteiger charge is -2.23. The predicted octanol–water partition coefficient (Wildman–Crippen LogP) is 0.284. The minimum Gasteiger partial charge on any atom is -0.377 e. The summed E-state index contributed by atoms with van der Waals surface area (Å²) in [4.78, 5) is 12.0. The Morgan fingerprint density at radius 2 is 1.91 bits per heavy atom. The van der Waals surface area contributed by atoms with Crippen molar-refractivity contribution < 1.29 is 17.9 Å². The fraction of sp³-hybridized carbons (Fsp3) is 0.929. The van der Waals surface area contributed by atoms with Gasteiger partial charge in [0.2, 0.25) is 15.9 Å². The molecule has 0 radical (unpaired) electrons. The van der Waals surface area contributed by atoms with E-state index in [2.05, 4.69) is 10.0 Å². The minimum atomic E-state index is -3.41. The SMILES string of the molecule is Cl.NC1(C(=O)NCCS(=O)(=O)NCC2CCCCO2)CCCC1. The highest BCUT2D eigenvalue weighted by Gasteiger charge is 2.36. The monoisotopic (exact) mass is 369 g/mol. The molecule has 2 fully saturated rings. The van der Waals surface area contributed by atoms with Gasteiger partial charge in [-0.1, -0.05) is 12.8 Å². The lowest BCUT2D eigenvalue weighted by Crippen LogP contribution is -2.53. The summed E-state index contributed by atoms with van der Waals surface area (Å²) in [5, 5.41) is 2.64. The first-order valence-electron chi connectivity index (χ1n) is 8.07. The van der Waals surface area contributed by atoms with Crippen LogP contribution in [0.3, 0.4) is 0 Å². The number of carbonyl (C=O) groups is 1. The van der Waals surface area contributed by atoms with Gasteiger partial charge < -0.3 is 15.8 Å². The van der Waals surface area contributed by atoms with E-state index in [4.69, 9.17) is 10.5 Å². The van der Waals surface area contributed by atoms with E-state index in [0.29, 0.717) is 26.0 Å². The Kier molecular flexibility index (Phi) is 8.23. The van der Waals surface area contributed by atoms with Gasteiger partial charge in [-0.2, -0.15) is 0 Å². The van der Waals surface area contributed by atoms with E-state index in [1.807, 2.05) is 0 Å². The normalized spacial score (nSPS) is 24.0. The lowest BCUT2D eigenvalue weighted by molar-refractivity contribution is -0.126. The highest BCUT2D eigenvalue weighted by molar-refractivity contribution is 7.89. The van der Waals surface area contributed by atoms with Gasteiger partial charge in [-0.05, 0) is 32.1 Å². The third-order valence-electron chi connectivity index (χ3n) is 4.41. The molecule has 1 unspecified atom stereocenters. The molecule has 0 spiro atoms. The molecule has 0 bridgehead atoms. The van der Waals surface area contributed by atoms with Crippen LogP contribution in [0.25, 0.3) is 0 Å². The van der Waals surface area contributed by atoms with Crippen LogP contribution in [0.2, 0.25) is 0 Å². The molecule has 9 heteroatoms. The molecular weight excluding hydrogens is 342 g/mol. The summed E-state index contributed by atoms with van der Waals surface area (Å²) in [6, 6.07) is 0. The second kappa shape index (κ2) is 9.17. The molecule has 136 valence electrons. The average Bonchev–Trinajstić information content (AvgIpc) is 2.94. The number of nitrogens with two attached hydrogens (primary N) is 1. The van der Waals surface area contributed by atoms with Gasteiger partial charge in [0, 0.05) is 19.7 Å². The summed E-state index contributed by atoms with van der Waals surface area (Å²) >= 11 is 0. The Hall–Kier alpha value is -0.410. The standard InChI is InChI=1S/C14H27N3O4S.ClH/c15-14(6-2-3-7-14)13(18)16-8-10-22(19,20)17-11-12-5-1-4-9-21-12;/h12,17H,1-11,15H2,(H,16,18);1H. The molecule has 1 saturated carbocycles. The zero-order valence-electron chi connectivity index (χ0n) is 13.4. The zero-order valence-corrected chi connectivity index (χ0v) is 15.0. The van der Waals surface area contributed by atoms with Crippen LogP contribution in [0.5, 0.6) is 0 Å². The van der Waals surface area contributed by atoms with Crippen molar-refractivity contribution in [1.29, 1.82) is 0 Å². The first-order valence-corrected chi connectivity index (χ1v) is 9.73. The topological polar surface area (TPSA) is 111 Å². The summed E-state index contributed by atoms with van der Waals surface area (Å²) < 4.78 is 31.8. The molecule has 0 aromatic rings. The van der Waals surface area contributed by atoms with Crippen LogP contribution in [0.4, 0.5) is 0 Å². The molecule has 1 atom stereocenters. The maximum Gasteiger partial charge on any atom is 0.240 e. The highest BCUT2D eigenvalue weighted by Crippen LogP contribution is 2.27. The number of sulfonamides is 1. The van der Waals surface area contributed by atoms with Gasteiger partial charge in [-0.25, -0.2) is 13.1 Å². The molecule has 1 heterocycles. The number of halogens is 1. The lowest BCUT2D eigenvalue weighted by atomic mass is 9.98. The maximum absolute atomic E-state index is 12.0. The predicted molar refractivity (Wildman–Crippen MR) is 91.0 cm³/mol. The van der Waals surface area contributed by atoms with Crippen molar-refractivity contribution in [3.63, 3.8) is 0 Å². The van der Waals surface area contributed by atoms with E-state index in [1.54, 1.807) is 0 Å². The Morgan fingerprint density at radius 3 is 2.52 bits per heavy atom. The fourth-order valence-corrected chi connectivity index (χ4v) is 3.92. The number of hydrogen-bond donors (Lipinski definition) is 3. The van der Waals surface area contributed by atoms with E-state index in [9.17, 15) is 13.2 Å². The molecule has 0 aromatic heterocycles. The van der Waals surface area contributed by atoms with Crippen LogP contribution < -0.4 is 15.8 Å². The van der Waals surface area contributed by atoms with Crippen LogP contribution in [0.15, 0.2) is 0 Å². The third-order valence-corrected chi connectivity index (χ3v) is 5.76. The van der Waals surface area contributed by atoms with Crippen LogP contribution in [-0.2, 0) is 19.6 Å². The van der Waals surface area contributed by atoms with Crippen molar-refractivity contribution in [3.8, 4) is 0 Å². The van der Waals surface area contributed by atoms with Gasteiger partial charge in [0.05, 0.1) is 17.4 Å². The molecule has 2 rings (SSSR count). The Morgan fingerprint density at radius 1 is 1.22 bits per heavy atom. The molecule has 4 N–H and O–H groups in total. The molecule has 2 aliphatic rings. The van der Waals surface area contributed by atoms with Crippen LogP contribution in [0, 0.1) is 0 Å². The van der Waals surface area contributed by atoms with Crippen molar-refractivity contribution in [2.45, 2.75) is 56.6 Å². The number of carbonyl (C=O) groups excluding carboxylic acids is 1. The number of hydrogen-bond acceptors (Lipinski definition) is 5. The third kappa shape index (κ3) is 6.54. The molecule has 1 aliphatic heterocycles. The van der Waals surface area contributed by atoms with Crippen molar-refractivity contribution in [2.75, 3.05) is 25.4 Å². The van der Waals surface area contributed by atoms with Gasteiger partial charge in [0.25, 0.3) is 0 Å². The van der Waals surface area contributed by atoms with E-state index in [0.717, 1.165) is 32.1 Å². The smallest absolute Gasteiger partial charge is 0.240 e. The Balaban J connectivity index is 0.00000264. The summed E-state index contributed by atoms with van der Waals surface area (Å²) in [5.41, 5.74) is 5.20. The van der Waals surface area contributed by atoms with E-state index in [-0.39, 0.29) is 36.7 Å². The second-order valence-electron chi connectivity index (χ2n) is 6.28. The van der Waals surface area contributed by atoms with Crippen LogP contribution in [-0.4, -0.2) is 51.4 Å². The molecular formula is C14H28ClN3O4S. The molecule has 1 aliphatic carbocycles. The van der Waals surface area contributed by atoms with Crippen LogP contribution >= 0.6 is 12.4 Å². The van der Waals surface area contributed by atoms with Gasteiger partial charge in [-0.15, -0.1) is 12.4 Å². The van der Waals surface area contributed by atoms with Crippen LogP contribution in [0.1, 0.15) is 44.9 Å². The maximum atomic E-state index is 12.0. The van der Waals surface area contributed by atoms with Gasteiger partial charge in [0.1, 0.15) is 0 Å². The quantitative estimate of drug-likeness (QED) is 0.597. The number of nitrogens with one attached hydrogen (secondary N) is 2. The summed E-state index contributed by atoms with van der Waals surface area (Å²) in [6.45, 7) is 1.08. The van der Waals surface area contributed by atoms with E-state index >= 15 is 0 Å². The minimum absolute atomic E-state index is 0. The molecule has 7 nitrogen and oxygen atoms in total. The van der Waals surface area contributed by atoms with E-state index < -0.39 is 15.6 Å². The highest BCUT2D eigenvalue weighted by atomic mass is 35.5. The summed E-state index contributed by atoms with van der Waals surface area (Å²) in [6.07, 6.45) is 6.19. The van der Waals surface area contributed by atoms with Crippen molar-refractivity contribution in [1.82, 2.24) is 10.0 Å². The number of amides is 1. The van der Waals surface area contributed by atoms with Gasteiger partial charge >= 0.3 is 0 Å². The molecule has 1 amide bonds. The molecule has 23 heavy (non-hydrogen) atoms. The molecule has 0 aromatic carbocycles. The Bertz CT molecular complexity index is 474.